The molecule has 2 unspecified atom stereocenters. The SMILES string of the molecule is Cc1cc(C)c(C)c(COCCCOc2ccc(C3CCNCC3OCc3ccc4ccccc4c3)cc2)c1C.Cl. The van der Waals surface area contributed by atoms with Crippen LogP contribution in [0.4, 0.5) is 0 Å². The number of rotatable bonds is 11. The molecule has 0 amide bonds. The lowest BCUT2D eigenvalue weighted by Gasteiger charge is -2.32. The number of fused-ring (bicyclic) bond motifs is 1. The lowest BCUT2D eigenvalue weighted by Crippen LogP contribution is -2.40. The molecule has 0 radical (unpaired) electrons. The van der Waals surface area contributed by atoms with E-state index in [1.807, 2.05) is 0 Å². The molecule has 0 saturated carbocycles. The summed E-state index contributed by atoms with van der Waals surface area (Å²) in [7, 11) is 0. The number of aryl methyl sites for hydroxylation is 2. The van der Waals surface area contributed by atoms with Gasteiger partial charge in [-0.05, 0) is 109 Å². The van der Waals surface area contributed by atoms with Crippen molar-refractivity contribution in [3.05, 3.63) is 112 Å². The minimum atomic E-state index is 0. The Kier molecular flexibility index (Phi) is 11.2. The minimum absolute atomic E-state index is 0. The Balaban J connectivity index is 0.00000387. The summed E-state index contributed by atoms with van der Waals surface area (Å²) in [6, 6.07) is 26.0. The minimum Gasteiger partial charge on any atom is -0.494 e. The molecule has 1 fully saturated rings. The summed E-state index contributed by atoms with van der Waals surface area (Å²) in [5.41, 5.74) is 9.21. The number of hydrogen-bond donors (Lipinski definition) is 1. The van der Waals surface area contributed by atoms with Crippen molar-refractivity contribution in [1.82, 2.24) is 5.32 Å². The van der Waals surface area contributed by atoms with Crippen LogP contribution in [0.2, 0.25) is 0 Å². The van der Waals surface area contributed by atoms with Crippen molar-refractivity contribution in [2.45, 2.75) is 65.8 Å². The third kappa shape index (κ3) is 7.90. The highest BCUT2D eigenvalue weighted by atomic mass is 35.5. The summed E-state index contributed by atoms with van der Waals surface area (Å²) in [5, 5.41) is 6.04. The normalized spacial score (nSPS) is 16.9. The van der Waals surface area contributed by atoms with Gasteiger partial charge >= 0.3 is 0 Å². The zero-order valence-corrected chi connectivity index (χ0v) is 25.7. The van der Waals surface area contributed by atoms with Gasteiger partial charge in [-0.1, -0.05) is 54.6 Å². The lowest BCUT2D eigenvalue weighted by atomic mass is 9.87. The van der Waals surface area contributed by atoms with Crippen LogP contribution in [0.1, 0.15) is 57.7 Å². The van der Waals surface area contributed by atoms with Crippen molar-refractivity contribution in [2.75, 3.05) is 26.3 Å². The second-order valence-electron chi connectivity index (χ2n) is 11.2. The van der Waals surface area contributed by atoms with E-state index in [2.05, 4.69) is 106 Å². The largest absolute Gasteiger partial charge is 0.494 e. The molecule has 0 bridgehead atoms. The summed E-state index contributed by atoms with van der Waals surface area (Å²) >= 11 is 0. The van der Waals surface area contributed by atoms with E-state index in [9.17, 15) is 0 Å². The Morgan fingerprint density at radius 2 is 1.51 bits per heavy atom. The van der Waals surface area contributed by atoms with Crippen LogP contribution in [0, 0.1) is 27.7 Å². The maximum atomic E-state index is 6.47. The van der Waals surface area contributed by atoms with Crippen molar-refractivity contribution in [3.8, 4) is 5.75 Å². The average Bonchev–Trinajstić information content (AvgIpc) is 2.98. The Hall–Kier alpha value is -2.89. The molecular formula is C36H44ClNO3. The first-order chi connectivity index (χ1) is 19.5. The summed E-state index contributed by atoms with van der Waals surface area (Å²) in [6.07, 6.45) is 2.08. The van der Waals surface area contributed by atoms with Gasteiger partial charge in [0.25, 0.3) is 0 Å². The van der Waals surface area contributed by atoms with Crippen LogP contribution >= 0.6 is 12.4 Å². The molecule has 1 saturated heterocycles. The number of piperidine rings is 1. The summed E-state index contributed by atoms with van der Waals surface area (Å²) in [5.74, 6) is 1.29. The molecule has 1 heterocycles. The fourth-order valence-corrected chi connectivity index (χ4v) is 5.77. The highest BCUT2D eigenvalue weighted by molar-refractivity contribution is 5.85. The molecule has 4 nitrogen and oxygen atoms in total. The number of hydrogen-bond acceptors (Lipinski definition) is 4. The van der Waals surface area contributed by atoms with Crippen LogP contribution in [-0.2, 0) is 22.7 Å². The number of benzene rings is 4. The Labute approximate surface area is 251 Å². The monoisotopic (exact) mass is 573 g/mol. The summed E-state index contributed by atoms with van der Waals surface area (Å²) < 4.78 is 18.5. The Morgan fingerprint density at radius 1 is 0.780 bits per heavy atom. The molecule has 0 aliphatic carbocycles. The number of halogens is 1. The first-order valence-electron chi connectivity index (χ1n) is 14.7. The van der Waals surface area contributed by atoms with Gasteiger partial charge in [0.1, 0.15) is 5.75 Å². The summed E-state index contributed by atoms with van der Waals surface area (Å²) in [6.45, 7) is 13.2. The van der Waals surface area contributed by atoms with Gasteiger partial charge in [0.15, 0.2) is 0 Å². The highest BCUT2D eigenvalue weighted by Gasteiger charge is 2.27. The zero-order valence-electron chi connectivity index (χ0n) is 24.9. The van der Waals surface area contributed by atoms with E-state index in [1.54, 1.807) is 0 Å². The Morgan fingerprint density at radius 3 is 2.27 bits per heavy atom. The third-order valence-electron chi connectivity index (χ3n) is 8.48. The maximum Gasteiger partial charge on any atom is 0.119 e. The first-order valence-corrected chi connectivity index (χ1v) is 14.7. The van der Waals surface area contributed by atoms with Crippen molar-refractivity contribution in [1.29, 1.82) is 0 Å². The van der Waals surface area contributed by atoms with Gasteiger partial charge in [-0.25, -0.2) is 0 Å². The van der Waals surface area contributed by atoms with Crippen LogP contribution in [0.25, 0.3) is 10.8 Å². The summed E-state index contributed by atoms with van der Waals surface area (Å²) in [4.78, 5) is 0. The fourth-order valence-electron chi connectivity index (χ4n) is 5.77. The lowest BCUT2D eigenvalue weighted by molar-refractivity contribution is 0.0106. The highest BCUT2D eigenvalue weighted by Crippen LogP contribution is 2.30. The van der Waals surface area contributed by atoms with E-state index >= 15 is 0 Å². The molecule has 1 N–H and O–H groups in total. The number of nitrogens with one attached hydrogen (secondary N) is 1. The van der Waals surface area contributed by atoms with Gasteiger partial charge < -0.3 is 19.5 Å². The van der Waals surface area contributed by atoms with Gasteiger partial charge in [-0.15, -0.1) is 12.4 Å². The molecule has 4 aromatic carbocycles. The van der Waals surface area contributed by atoms with Crippen molar-refractivity contribution in [2.24, 2.45) is 0 Å². The molecule has 218 valence electrons. The van der Waals surface area contributed by atoms with Gasteiger partial charge in [0.2, 0.25) is 0 Å². The molecule has 41 heavy (non-hydrogen) atoms. The van der Waals surface area contributed by atoms with Crippen molar-refractivity contribution < 1.29 is 14.2 Å². The molecule has 5 rings (SSSR count). The standard InChI is InChI=1S/C36H43NO3.ClH/c1-25-20-26(2)28(4)35(27(25)3)24-38-18-7-19-39-33-14-12-31(13-15-33)34-16-17-37-22-36(34)40-23-29-10-11-30-8-5-6-9-32(30)21-29;/h5-6,8-15,20-21,34,36-37H,7,16-19,22-24H2,1-4H3;1H. The predicted molar refractivity (Wildman–Crippen MR) is 172 cm³/mol. The molecular weight excluding hydrogens is 530 g/mol. The molecule has 0 aromatic heterocycles. The van der Waals surface area contributed by atoms with E-state index in [1.165, 1.54) is 49.7 Å². The van der Waals surface area contributed by atoms with E-state index in [-0.39, 0.29) is 18.5 Å². The van der Waals surface area contributed by atoms with Crippen molar-refractivity contribution >= 4 is 23.2 Å². The van der Waals surface area contributed by atoms with Gasteiger partial charge in [-0.2, -0.15) is 0 Å². The Bertz CT molecular complexity index is 1390. The molecule has 4 aromatic rings. The topological polar surface area (TPSA) is 39.7 Å². The van der Waals surface area contributed by atoms with E-state index in [0.717, 1.165) is 31.7 Å². The number of ether oxygens (including phenoxy) is 3. The zero-order chi connectivity index (χ0) is 27.9. The smallest absolute Gasteiger partial charge is 0.119 e. The van der Waals surface area contributed by atoms with Crippen LogP contribution < -0.4 is 10.1 Å². The van der Waals surface area contributed by atoms with E-state index in [4.69, 9.17) is 14.2 Å². The first kappa shape index (κ1) is 31.1. The van der Waals surface area contributed by atoms with Crippen LogP contribution in [0.5, 0.6) is 5.75 Å². The molecule has 1 aliphatic rings. The third-order valence-corrected chi connectivity index (χ3v) is 8.48. The quantitative estimate of drug-likeness (QED) is 0.184. The molecule has 2 atom stereocenters. The van der Waals surface area contributed by atoms with Crippen LogP contribution in [-0.4, -0.2) is 32.4 Å². The van der Waals surface area contributed by atoms with Gasteiger partial charge in [0, 0.05) is 18.9 Å². The molecule has 0 spiro atoms. The second-order valence-corrected chi connectivity index (χ2v) is 11.2. The van der Waals surface area contributed by atoms with E-state index in [0.29, 0.717) is 32.3 Å². The van der Waals surface area contributed by atoms with Crippen molar-refractivity contribution in [3.63, 3.8) is 0 Å². The van der Waals surface area contributed by atoms with Crippen LogP contribution in [0.15, 0.2) is 72.8 Å². The maximum absolute atomic E-state index is 6.47. The fraction of sp³-hybridized carbons (Fsp3) is 0.389. The van der Waals surface area contributed by atoms with E-state index < -0.39 is 0 Å². The van der Waals surface area contributed by atoms with Crippen LogP contribution in [0.3, 0.4) is 0 Å². The van der Waals surface area contributed by atoms with Gasteiger partial charge in [0.05, 0.1) is 32.5 Å². The second kappa shape index (κ2) is 14.8. The average molecular weight is 574 g/mol. The molecule has 1 aliphatic heterocycles. The predicted octanol–water partition coefficient (Wildman–Crippen LogP) is 8.14. The molecule has 5 heteroatoms. The van der Waals surface area contributed by atoms with Gasteiger partial charge in [-0.3, -0.25) is 0 Å².